The summed E-state index contributed by atoms with van der Waals surface area (Å²) in [4.78, 5) is 25.1. The number of hydrogen-bond donors (Lipinski definition) is 0. The van der Waals surface area contributed by atoms with Crippen LogP contribution in [0.5, 0.6) is 0 Å². The molecule has 0 spiro atoms. The largest absolute Gasteiger partial charge is 0.469 e. The van der Waals surface area contributed by atoms with E-state index in [-0.39, 0.29) is 11.9 Å². The van der Waals surface area contributed by atoms with Crippen molar-refractivity contribution >= 4 is 11.9 Å². The first kappa shape index (κ1) is 16.0. The molecule has 0 radical (unpaired) electrons. The molecule has 1 aromatic rings. The van der Waals surface area contributed by atoms with Gasteiger partial charge in [0.2, 0.25) is 0 Å². The Bertz CT molecular complexity index is 619. The van der Waals surface area contributed by atoms with Gasteiger partial charge in [0.25, 0.3) is 5.91 Å². The minimum atomic E-state index is -0.497. The lowest BCUT2D eigenvalue weighted by Gasteiger charge is -2.19. The van der Waals surface area contributed by atoms with Crippen molar-refractivity contribution in [1.29, 1.82) is 5.26 Å². The van der Waals surface area contributed by atoms with Gasteiger partial charge >= 0.3 is 5.97 Å². The molecule has 0 saturated carbocycles. The Balaban J connectivity index is 1.94. The highest BCUT2D eigenvalue weighted by molar-refractivity contribution is 5.99. The van der Waals surface area contributed by atoms with Crippen LogP contribution in [-0.4, -0.2) is 30.4 Å². The second-order valence-corrected chi connectivity index (χ2v) is 5.51. The highest BCUT2D eigenvalue weighted by Gasteiger charge is 2.36. The molecule has 116 valence electrons. The van der Waals surface area contributed by atoms with Crippen LogP contribution in [0.4, 0.5) is 0 Å². The molecule has 0 fully saturated rings. The van der Waals surface area contributed by atoms with E-state index < -0.39 is 6.04 Å². The standard InChI is InChI=1S/C17H20N2O3/c1-12-7-8-13-14(10-12)15(11-18)19(17(13)21)9-5-3-4-6-16(20)22-2/h7-8,10,15H,3-6,9H2,1-2H3. The van der Waals surface area contributed by atoms with E-state index in [0.29, 0.717) is 18.5 Å². The number of nitriles is 1. The van der Waals surface area contributed by atoms with Crippen LogP contribution in [-0.2, 0) is 9.53 Å². The molecule has 1 unspecified atom stereocenters. The van der Waals surface area contributed by atoms with E-state index in [2.05, 4.69) is 10.8 Å². The normalized spacial score (nSPS) is 16.3. The lowest BCUT2D eigenvalue weighted by atomic mass is 10.0. The number of ether oxygens (including phenoxy) is 1. The number of hydrogen-bond acceptors (Lipinski definition) is 4. The van der Waals surface area contributed by atoms with Crippen LogP contribution in [0.3, 0.4) is 0 Å². The van der Waals surface area contributed by atoms with Gasteiger partial charge in [0.05, 0.1) is 13.2 Å². The van der Waals surface area contributed by atoms with Crippen molar-refractivity contribution in [3.8, 4) is 6.07 Å². The predicted molar refractivity (Wildman–Crippen MR) is 81.1 cm³/mol. The summed E-state index contributed by atoms with van der Waals surface area (Å²) in [7, 11) is 1.38. The molecule has 2 rings (SSSR count). The molecule has 0 aliphatic carbocycles. The van der Waals surface area contributed by atoms with Gasteiger partial charge in [-0.25, -0.2) is 0 Å². The van der Waals surface area contributed by atoms with E-state index in [1.807, 2.05) is 19.1 Å². The predicted octanol–water partition coefficient (Wildman–Crippen LogP) is 2.75. The second-order valence-electron chi connectivity index (χ2n) is 5.51. The highest BCUT2D eigenvalue weighted by Crippen LogP contribution is 2.33. The van der Waals surface area contributed by atoms with Crippen LogP contribution >= 0.6 is 0 Å². The number of carbonyl (C=O) groups is 2. The van der Waals surface area contributed by atoms with Crippen molar-refractivity contribution in [3.05, 3.63) is 34.9 Å². The summed E-state index contributed by atoms with van der Waals surface area (Å²) in [5.41, 5.74) is 2.49. The van der Waals surface area contributed by atoms with E-state index in [0.717, 1.165) is 30.4 Å². The van der Waals surface area contributed by atoms with Gasteiger partial charge in [-0.15, -0.1) is 0 Å². The van der Waals surface area contributed by atoms with Crippen LogP contribution in [0.25, 0.3) is 0 Å². The molecule has 0 bridgehead atoms. The smallest absolute Gasteiger partial charge is 0.305 e. The Hall–Kier alpha value is -2.35. The first-order chi connectivity index (χ1) is 10.6. The summed E-state index contributed by atoms with van der Waals surface area (Å²) < 4.78 is 4.59. The molecule has 22 heavy (non-hydrogen) atoms. The number of benzene rings is 1. The van der Waals surface area contributed by atoms with Crippen molar-refractivity contribution in [2.75, 3.05) is 13.7 Å². The van der Waals surface area contributed by atoms with Crippen molar-refractivity contribution in [1.82, 2.24) is 4.90 Å². The molecular formula is C17H20N2O3. The maximum absolute atomic E-state index is 12.4. The van der Waals surface area contributed by atoms with Gasteiger partial charge in [0, 0.05) is 24.1 Å². The molecular weight excluding hydrogens is 280 g/mol. The Morgan fingerprint density at radius 2 is 2.14 bits per heavy atom. The molecule has 1 aromatic carbocycles. The van der Waals surface area contributed by atoms with E-state index in [1.54, 1.807) is 11.0 Å². The third kappa shape index (κ3) is 3.28. The Morgan fingerprint density at radius 1 is 1.36 bits per heavy atom. The molecule has 1 amide bonds. The number of rotatable bonds is 6. The van der Waals surface area contributed by atoms with Gasteiger partial charge in [-0.05, 0) is 25.8 Å². The van der Waals surface area contributed by atoms with Gasteiger partial charge in [-0.2, -0.15) is 5.26 Å². The third-order valence-corrected chi connectivity index (χ3v) is 3.93. The van der Waals surface area contributed by atoms with Crippen LogP contribution in [0.2, 0.25) is 0 Å². The van der Waals surface area contributed by atoms with Gasteiger partial charge in [-0.1, -0.05) is 24.1 Å². The van der Waals surface area contributed by atoms with Crippen LogP contribution in [0.1, 0.15) is 53.2 Å². The maximum Gasteiger partial charge on any atom is 0.305 e. The lowest BCUT2D eigenvalue weighted by Crippen LogP contribution is -2.28. The first-order valence-electron chi connectivity index (χ1n) is 7.46. The fraction of sp³-hybridized carbons (Fsp3) is 0.471. The van der Waals surface area contributed by atoms with Gasteiger partial charge in [0.15, 0.2) is 0 Å². The molecule has 1 atom stereocenters. The van der Waals surface area contributed by atoms with Gasteiger partial charge in [-0.3, -0.25) is 9.59 Å². The SMILES string of the molecule is COC(=O)CCCCCN1C(=O)c2ccc(C)cc2C1C#N. The summed E-state index contributed by atoms with van der Waals surface area (Å²) in [6.07, 6.45) is 2.73. The zero-order chi connectivity index (χ0) is 16.1. The number of esters is 1. The number of amides is 1. The Labute approximate surface area is 130 Å². The molecule has 1 aliphatic rings. The van der Waals surface area contributed by atoms with Crippen LogP contribution in [0.15, 0.2) is 18.2 Å². The Kier molecular flexibility index (Phi) is 5.16. The molecule has 5 nitrogen and oxygen atoms in total. The van der Waals surface area contributed by atoms with Gasteiger partial charge in [0.1, 0.15) is 6.04 Å². The average molecular weight is 300 g/mol. The van der Waals surface area contributed by atoms with Crippen molar-refractivity contribution in [3.63, 3.8) is 0 Å². The van der Waals surface area contributed by atoms with Crippen molar-refractivity contribution in [2.24, 2.45) is 0 Å². The number of nitrogens with zero attached hydrogens (tertiary/aromatic N) is 2. The number of carbonyl (C=O) groups excluding carboxylic acids is 2. The van der Waals surface area contributed by atoms with E-state index in [9.17, 15) is 14.9 Å². The lowest BCUT2D eigenvalue weighted by molar-refractivity contribution is -0.140. The molecule has 1 heterocycles. The maximum atomic E-state index is 12.4. The molecule has 5 heteroatoms. The zero-order valence-corrected chi connectivity index (χ0v) is 13.0. The summed E-state index contributed by atoms with van der Waals surface area (Å²) in [5, 5.41) is 9.39. The average Bonchev–Trinajstić information content (AvgIpc) is 2.78. The number of fused-ring (bicyclic) bond motifs is 1. The summed E-state index contributed by atoms with van der Waals surface area (Å²) >= 11 is 0. The summed E-state index contributed by atoms with van der Waals surface area (Å²) in [5.74, 6) is -0.287. The van der Waals surface area contributed by atoms with Crippen LogP contribution in [0, 0.1) is 18.3 Å². The highest BCUT2D eigenvalue weighted by atomic mass is 16.5. The second kappa shape index (κ2) is 7.08. The van der Waals surface area contributed by atoms with Gasteiger partial charge < -0.3 is 9.64 Å². The van der Waals surface area contributed by atoms with E-state index in [4.69, 9.17) is 0 Å². The fourth-order valence-electron chi connectivity index (χ4n) is 2.74. The third-order valence-electron chi connectivity index (χ3n) is 3.93. The number of aryl methyl sites for hydroxylation is 1. The minimum Gasteiger partial charge on any atom is -0.469 e. The topological polar surface area (TPSA) is 70.4 Å². The molecule has 0 aromatic heterocycles. The summed E-state index contributed by atoms with van der Waals surface area (Å²) in [6, 6.07) is 7.34. The summed E-state index contributed by atoms with van der Waals surface area (Å²) in [6.45, 7) is 2.49. The fourth-order valence-corrected chi connectivity index (χ4v) is 2.74. The van der Waals surface area contributed by atoms with Crippen molar-refractivity contribution in [2.45, 2.75) is 38.6 Å². The quantitative estimate of drug-likeness (QED) is 0.598. The molecule has 1 aliphatic heterocycles. The number of unbranched alkanes of at least 4 members (excludes halogenated alkanes) is 2. The molecule has 0 saturated heterocycles. The van der Waals surface area contributed by atoms with E-state index >= 15 is 0 Å². The monoisotopic (exact) mass is 300 g/mol. The molecule has 0 N–H and O–H groups in total. The van der Waals surface area contributed by atoms with Crippen LogP contribution < -0.4 is 0 Å². The zero-order valence-electron chi connectivity index (χ0n) is 13.0. The minimum absolute atomic E-state index is 0.0745. The van der Waals surface area contributed by atoms with E-state index in [1.165, 1.54) is 7.11 Å². The first-order valence-corrected chi connectivity index (χ1v) is 7.46. The number of methoxy groups -OCH3 is 1. The van der Waals surface area contributed by atoms with Crippen molar-refractivity contribution < 1.29 is 14.3 Å². The Morgan fingerprint density at radius 3 is 2.82 bits per heavy atom.